The summed E-state index contributed by atoms with van der Waals surface area (Å²) in [5.41, 5.74) is 1.49. The van der Waals surface area contributed by atoms with E-state index in [2.05, 4.69) is 42.2 Å². The minimum atomic E-state index is 0.697. The molecule has 88 valence electrons. The molecule has 1 atom stereocenters. The van der Waals surface area contributed by atoms with Crippen LogP contribution in [0.3, 0.4) is 0 Å². The molecule has 1 fully saturated rings. The van der Waals surface area contributed by atoms with E-state index in [1.165, 1.54) is 50.9 Å². The molecular weight excluding hydrogens is 194 g/mol. The first-order valence-electron chi connectivity index (χ1n) is 6.63. The van der Waals surface area contributed by atoms with Gasteiger partial charge >= 0.3 is 0 Å². The Morgan fingerprint density at radius 2 is 1.75 bits per heavy atom. The quantitative estimate of drug-likeness (QED) is 0.744. The van der Waals surface area contributed by atoms with E-state index in [9.17, 15) is 0 Å². The van der Waals surface area contributed by atoms with E-state index in [0.717, 1.165) is 0 Å². The maximum Gasteiger partial charge on any atom is -0.00130 e. The van der Waals surface area contributed by atoms with Crippen molar-refractivity contribution in [2.24, 2.45) is 0 Å². The predicted molar refractivity (Wildman–Crippen MR) is 69.8 cm³/mol. The maximum atomic E-state index is 2.63. The second-order valence-corrected chi connectivity index (χ2v) is 5.00. The first kappa shape index (κ1) is 11.7. The van der Waals surface area contributed by atoms with Crippen LogP contribution >= 0.6 is 0 Å². The molecule has 0 spiro atoms. The third kappa shape index (κ3) is 3.34. The van der Waals surface area contributed by atoms with Crippen LogP contribution in [0.2, 0.25) is 0 Å². The van der Waals surface area contributed by atoms with Gasteiger partial charge in [0.2, 0.25) is 0 Å². The van der Waals surface area contributed by atoms with E-state index in [4.69, 9.17) is 0 Å². The topological polar surface area (TPSA) is 3.24 Å². The molecule has 0 aliphatic carbocycles. The molecule has 1 unspecified atom stereocenters. The lowest BCUT2D eigenvalue weighted by molar-refractivity contribution is 0.222. The van der Waals surface area contributed by atoms with Gasteiger partial charge in [0.1, 0.15) is 0 Å². The Kier molecular flexibility index (Phi) is 4.41. The van der Waals surface area contributed by atoms with Crippen molar-refractivity contribution in [1.82, 2.24) is 4.90 Å². The highest BCUT2D eigenvalue weighted by Crippen LogP contribution is 2.19. The molecule has 0 N–H and O–H groups in total. The van der Waals surface area contributed by atoms with Crippen molar-refractivity contribution in [3.05, 3.63) is 35.9 Å². The molecule has 2 rings (SSSR count). The lowest BCUT2D eigenvalue weighted by Gasteiger charge is -2.27. The molecule has 0 amide bonds. The number of likely N-dealkylation sites (tertiary alicyclic amines) is 1. The predicted octanol–water partition coefficient (Wildman–Crippen LogP) is 3.67. The van der Waals surface area contributed by atoms with Crippen molar-refractivity contribution >= 4 is 0 Å². The van der Waals surface area contributed by atoms with Gasteiger partial charge in [-0.15, -0.1) is 0 Å². The minimum absolute atomic E-state index is 0.697. The molecule has 1 heterocycles. The molecule has 0 radical (unpaired) electrons. The number of benzene rings is 1. The summed E-state index contributed by atoms with van der Waals surface area (Å²) in [6, 6.07) is 10.9. The van der Waals surface area contributed by atoms with Gasteiger partial charge in [0.15, 0.2) is 0 Å². The number of piperidine rings is 1. The number of nitrogens with zero attached hydrogens (tertiary/aromatic N) is 1. The van der Waals surface area contributed by atoms with E-state index in [-0.39, 0.29) is 0 Å². The average Bonchev–Trinajstić information content (AvgIpc) is 2.38. The van der Waals surface area contributed by atoms with Gasteiger partial charge < -0.3 is 4.90 Å². The molecular formula is C15H23N. The Morgan fingerprint density at radius 1 is 1.06 bits per heavy atom. The van der Waals surface area contributed by atoms with Crippen LogP contribution in [-0.2, 0) is 0 Å². The van der Waals surface area contributed by atoms with Crippen LogP contribution < -0.4 is 0 Å². The number of rotatable bonds is 4. The van der Waals surface area contributed by atoms with E-state index in [0.29, 0.717) is 5.92 Å². The van der Waals surface area contributed by atoms with Gasteiger partial charge in [-0.2, -0.15) is 0 Å². The van der Waals surface area contributed by atoms with Crippen molar-refractivity contribution in [3.63, 3.8) is 0 Å². The molecule has 1 aliphatic rings. The molecule has 0 aromatic heterocycles. The van der Waals surface area contributed by atoms with Gasteiger partial charge in [0.25, 0.3) is 0 Å². The van der Waals surface area contributed by atoms with Crippen molar-refractivity contribution < 1.29 is 0 Å². The zero-order valence-electron chi connectivity index (χ0n) is 10.4. The molecule has 0 saturated carbocycles. The second kappa shape index (κ2) is 6.05. The maximum absolute atomic E-state index is 2.63. The van der Waals surface area contributed by atoms with E-state index >= 15 is 0 Å². The molecule has 1 heteroatoms. The lowest BCUT2D eigenvalue weighted by atomic mass is 9.97. The fraction of sp³-hybridized carbons (Fsp3) is 0.600. The SMILES string of the molecule is CC(CCN1CCCCC1)c1ccccc1. The molecule has 1 aromatic rings. The minimum Gasteiger partial charge on any atom is -0.303 e. The van der Waals surface area contributed by atoms with E-state index < -0.39 is 0 Å². The van der Waals surface area contributed by atoms with Crippen molar-refractivity contribution in [1.29, 1.82) is 0 Å². The van der Waals surface area contributed by atoms with Gasteiger partial charge in [0.05, 0.1) is 0 Å². The highest BCUT2D eigenvalue weighted by Gasteiger charge is 2.11. The zero-order valence-corrected chi connectivity index (χ0v) is 10.4. The van der Waals surface area contributed by atoms with E-state index in [1.807, 2.05) is 0 Å². The average molecular weight is 217 g/mol. The summed E-state index contributed by atoms with van der Waals surface area (Å²) in [5, 5.41) is 0. The lowest BCUT2D eigenvalue weighted by Crippen LogP contribution is -2.31. The van der Waals surface area contributed by atoms with Crippen molar-refractivity contribution in [2.45, 2.75) is 38.5 Å². The van der Waals surface area contributed by atoms with Gasteiger partial charge in [-0.05, 0) is 50.4 Å². The third-order valence-electron chi connectivity index (χ3n) is 3.70. The molecule has 1 aromatic carbocycles. The van der Waals surface area contributed by atoms with Crippen LogP contribution in [0.4, 0.5) is 0 Å². The summed E-state index contributed by atoms with van der Waals surface area (Å²) >= 11 is 0. The monoisotopic (exact) mass is 217 g/mol. The summed E-state index contributed by atoms with van der Waals surface area (Å²) in [6.45, 7) is 6.26. The fourth-order valence-electron chi connectivity index (χ4n) is 2.51. The van der Waals surface area contributed by atoms with Gasteiger partial charge in [0, 0.05) is 0 Å². The molecule has 1 saturated heterocycles. The Hall–Kier alpha value is -0.820. The summed E-state index contributed by atoms with van der Waals surface area (Å²) < 4.78 is 0. The first-order chi connectivity index (χ1) is 7.86. The largest absolute Gasteiger partial charge is 0.303 e. The standard InChI is InChI=1S/C15H23N/c1-14(15-8-4-2-5-9-15)10-13-16-11-6-3-7-12-16/h2,4-5,8-9,14H,3,6-7,10-13H2,1H3. The number of hydrogen-bond acceptors (Lipinski definition) is 1. The van der Waals surface area contributed by atoms with Crippen LogP contribution in [0.5, 0.6) is 0 Å². The van der Waals surface area contributed by atoms with Gasteiger partial charge in [-0.3, -0.25) is 0 Å². The van der Waals surface area contributed by atoms with Crippen molar-refractivity contribution in [3.8, 4) is 0 Å². The number of hydrogen-bond donors (Lipinski definition) is 0. The van der Waals surface area contributed by atoms with Crippen LogP contribution in [-0.4, -0.2) is 24.5 Å². The molecule has 1 aliphatic heterocycles. The normalized spacial score (nSPS) is 19.6. The van der Waals surface area contributed by atoms with E-state index in [1.54, 1.807) is 0 Å². The summed E-state index contributed by atoms with van der Waals surface area (Å²) in [5.74, 6) is 0.697. The second-order valence-electron chi connectivity index (χ2n) is 5.00. The fourth-order valence-corrected chi connectivity index (χ4v) is 2.51. The third-order valence-corrected chi connectivity index (χ3v) is 3.70. The van der Waals surface area contributed by atoms with Gasteiger partial charge in [-0.1, -0.05) is 43.7 Å². The Balaban J connectivity index is 1.77. The highest BCUT2D eigenvalue weighted by atomic mass is 15.1. The van der Waals surface area contributed by atoms with Crippen molar-refractivity contribution in [2.75, 3.05) is 19.6 Å². The zero-order chi connectivity index (χ0) is 11.2. The molecule has 16 heavy (non-hydrogen) atoms. The summed E-state index contributed by atoms with van der Waals surface area (Å²) in [7, 11) is 0. The van der Waals surface area contributed by atoms with Gasteiger partial charge in [-0.25, -0.2) is 0 Å². The van der Waals surface area contributed by atoms with Crippen LogP contribution in [0.15, 0.2) is 30.3 Å². The molecule has 1 nitrogen and oxygen atoms in total. The Labute approximate surface area is 99.5 Å². The Morgan fingerprint density at radius 3 is 2.44 bits per heavy atom. The summed E-state index contributed by atoms with van der Waals surface area (Å²) in [4.78, 5) is 2.63. The van der Waals surface area contributed by atoms with Crippen LogP contribution in [0, 0.1) is 0 Å². The van der Waals surface area contributed by atoms with Crippen LogP contribution in [0.25, 0.3) is 0 Å². The smallest absolute Gasteiger partial charge is 0.00130 e. The van der Waals surface area contributed by atoms with Crippen LogP contribution in [0.1, 0.15) is 44.1 Å². The highest BCUT2D eigenvalue weighted by molar-refractivity contribution is 5.18. The Bertz CT molecular complexity index is 288. The first-order valence-corrected chi connectivity index (χ1v) is 6.63. The summed E-state index contributed by atoms with van der Waals surface area (Å²) in [6.07, 6.45) is 5.54. The molecule has 0 bridgehead atoms.